The first kappa shape index (κ1) is 13.1. The highest BCUT2D eigenvalue weighted by Crippen LogP contribution is 2.22. The number of nitrogens with one attached hydrogen (secondary N) is 1. The highest BCUT2D eigenvalue weighted by molar-refractivity contribution is 5.82. The molecule has 1 aromatic heterocycles. The lowest BCUT2D eigenvalue weighted by atomic mass is 10.1. The van der Waals surface area contributed by atoms with E-state index in [2.05, 4.69) is 21.2 Å². The first-order chi connectivity index (χ1) is 9.17. The van der Waals surface area contributed by atoms with Crippen molar-refractivity contribution in [3.05, 3.63) is 30.0 Å². The molecule has 0 aliphatic carbocycles. The van der Waals surface area contributed by atoms with Gasteiger partial charge in [0.25, 0.3) is 0 Å². The van der Waals surface area contributed by atoms with Crippen molar-refractivity contribution in [3.63, 3.8) is 0 Å². The minimum atomic E-state index is -0.648. The molecule has 2 rings (SSSR count). The Kier molecular flexibility index (Phi) is 3.78. The fourth-order valence-electron chi connectivity index (χ4n) is 1.92. The van der Waals surface area contributed by atoms with Crippen molar-refractivity contribution in [1.29, 1.82) is 5.26 Å². The van der Waals surface area contributed by atoms with E-state index in [1.807, 2.05) is 31.3 Å². The lowest BCUT2D eigenvalue weighted by molar-refractivity contribution is -0.139. The number of hydrogen-bond acceptors (Lipinski definition) is 5. The maximum atomic E-state index is 11.1. The summed E-state index contributed by atoms with van der Waals surface area (Å²) in [4.78, 5) is 11.1. The number of carbonyl (C=O) groups is 1. The monoisotopic (exact) mass is 258 g/mol. The van der Waals surface area contributed by atoms with Crippen LogP contribution >= 0.6 is 0 Å². The predicted octanol–water partition coefficient (Wildman–Crippen LogP) is 0.901. The number of nitriles is 1. The van der Waals surface area contributed by atoms with E-state index in [1.54, 1.807) is 4.68 Å². The van der Waals surface area contributed by atoms with Crippen LogP contribution in [0.15, 0.2) is 24.3 Å². The molecule has 0 bridgehead atoms. The van der Waals surface area contributed by atoms with E-state index in [1.165, 1.54) is 7.11 Å². The van der Waals surface area contributed by atoms with Crippen molar-refractivity contribution < 1.29 is 9.53 Å². The van der Waals surface area contributed by atoms with Gasteiger partial charge < -0.3 is 4.74 Å². The van der Waals surface area contributed by atoms with Crippen molar-refractivity contribution >= 4 is 16.9 Å². The summed E-state index contributed by atoms with van der Waals surface area (Å²) in [6.07, 6.45) is 0. The largest absolute Gasteiger partial charge is 0.468 e. The lowest BCUT2D eigenvalue weighted by Crippen LogP contribution is -2.28. The average Bonchev–Trinajstić information content (AvgIpc) is 2.77. The summed E-state index contributed by atoms with van der Waals surface area (Å²) < 4.78 is 6.25. The summed E-state index contributed by atoms with van der Waals surface area (Å²) in [5.41, 5.74) is 1.56. The lowest BCUT2D eigenvalue weighted by Gasteiger charge is -2.08. The van der Waals surface area contributed by atoms with Gasteiger partial charge in [0.05, 0.1) is 25.2 Å². The first-order valence-electron chi connectivity index (χ1n) is 5.79. The van der Waals surface area contributed by atoms with Crippen LogP contribution in [0.4, 0.5) is 0 Å². The fraction of sp³-hybridized carbons (Fsp3) is 0.308. The molecule has 0 aliphatic heterocycles. The molecule has 0 fully saturated rings. The Morgan fingerprint density at radius 3 is 3.00 bits per heavy atom. The van der Waals surface area contributed by atoms with Crippen LogP contribution in [0.3, 0.4) is 0 Å². The maximum absolute atomic E-state index is 11.1. The molecule has 0 amide bonds. The minimum absolute atomic E-state index is 0.0281. The number of methoxy groups -OCH3 is 1. The molecular formula is C13H14N4O2. The third-order valence-electron chi connectivity index (χ3n) is 2.87. The molecule has 19 heavy (non-hydrogen) atoms. The average molecular weight is 258 g/mol. The number of benzene rings is 1. The zero-order valence-electron chi connectivity index (χ0n) is 10.8. The number of para-hydroxylation sites is 1. The van der Waals surface area contributed by atoms with Crippen LogP contribution in [0.2, 0.25) is 0 Å². The number of aromatic nitrogens is 2. The third kappa shape index (κ3) is 2.56. The molecular weight excluding hydrogens is 244 g/mol. The Hall–Kier alpha value is -2.39. The summed E-state index contributed by atoms with van der Waals surface area (Å²) >= 11 is 0. The van der Waals surface area contributed by atoms with Crippen LogP contribution in [0, 0.1) is 11.3 Å². The van der Waals surface area contributed by atoms with Crippen molar-refractivity contribution in [3.8, 4) is 6.07 Å². The normalized spacial score (nSPS) is 12.1. The SMILES string of the molecule is COC(=O)CNC(C#N)c1nn(C)c2ccccc12. The van der Waals surface area contributed by atoms with Gasteiger partial charge in [-0.15, -0.1) is 0 Å². The quantitative estimate of drug-likeness (QED) is 0.824. The topological polar surface area (TPSA) is 79.9 Å². The van der Waals surface area contributed by atoms with Crippen molar-refractivity contribution in [2.75, 3.05) is 13.7 Å². The van der Waals surface area contributed by atoms with Gasteiger partial charge in [0, 0.05) is 12.4 Å². The number of nitrogens with zero attached hydrogens (tertiary/aromatic N) is 3. The minimum Gasteiger partial charge on any atom is -0.468 e. The smallest absolute Gasteiger partial charge is 0.319 e. The van der Waals surface area contributed by atoms with Crippen LogP contribution in [0.5, 0.6) is 0 Å². The van der Waals surface area contributed by atoms with Crippen LogP contribution in [-0.2, 0) is 16.6 Å². The number of aryl methyl sites for hydroxylation is 1. The van der Waals surface area contributed by atoms with Crippen molar-refractivity contribution in [2.45, 2.75) is 6.04 Å². The molecule has 6 nitrogen and oxygen atoms in total. The molecule has 98 valence electrons. The second-order valence-electron chi connectivity index (χ2n) is 4.05. The van der Waals surface area contributed by atoms with E-state index in [-0.39, 0.29) is 6.54 Å². The van der Waals surface area contributed by atoms with Gasteiger partial charge in [-0.25, -0.2) is 0 Å². The Balaban J connectivity index is 2.31. The summed E-state index contributed by atoms with van der Waals surface area (Å²) in [5, 5.41) is 17.3. The van der Waals surface area contributed by atoms with E-state index in [0.29, 0.717) is 5.69 Å². The van der Waals surface area contributed by atoms with Crippen molar-refractivity contribution in [2.24, 2.45) is 7.05 Å². The molecule has 6 heteroatoms. The second kappa shape index (κ2) is 5.50. The Morgan fingerprint density at radius 1 is 1.58 bits per heavy atom. The summed E-state index contributed by atoms with van der Waals surface area (Å²) in [6.45, 7) is -0.0281. The first-order valence-corrected chi connectivity index (χ1v) is 5.79. The van der Waals surface area contributed by atoms with Gasteiger partial charge in [-0.2, -0.15) is 10.4 Å². The molecule has 0 saturated carbocycles. The Bertz CT molecular complexity index is 642. The summed E-state index contributed by atoms with van der Waals surface area (Å²) in [5.74, 6) is -0.416. The van der Waals surface area contributed by atoms with E-state index < -0.39 is 12.0 Å². The molecule has 0 saturated heterocycles. The predicted molar refractivity (Wildman–Crippen MR) is 69.1 cm³/mol. The zero-order valence-corrected chi connectivity index (χ0v) is 10.8. The van der Waals surface area contributed by atoms with Gasteiger partial charge >= 0.3 is 5.97 Å². The van der Waals surface area contributed by atoms with Crippen LogP contribution in [0.25, 0.3) is 10.9 Å². The van der Waals surface area contributed by atoms with E-state index in [4.69, 9.17) is 0 Å². The van der Waals surface area contributed by atoms with Gasteiger partial charge in [-0.3, -0.25) is 14.8 Å². The van der Waals surface area contributed by atoms with Crippen LogP contribution in [0.1, 0.15) is 11.7 Å². The molecule has 0 radical (unpaired) electrons. The van der Waals surface area contributed by atoms with Gasteiger partial charge in [0.15, 0.2) is 0 Å². The van der Waals surface area contributed by atoms with Crippen LogP contribution < -0.4 is 5.32 Å². The highest BCUT2D eigenvalue weighted by Gasteiger charge is 2.19. The Labute approximate surface area is 110 Å². The number of carbonyl (C=O) groups excluding carboxylic acids is 1. The van der Waals surface area contributed by atoms with Gasteiger partial charge in [-0.1, -0.05) is 18.2 Å². The molecule has 1 N–H and O–H groups in total. The van der Waals surface area contributed by atoms with E-state index >= 15 is 0 Å². The molecule has 1 heterocycles. The van der Waals surface area contributed by atoms with Gasteiger partial charge in [-0.05, 0) is 6.07 Å². The summed E-state index contributed by atoms with van der Waals surface area (Å²) in [7, 11) is 3.13. The molecule has 2 aromatic rings. The van der Waals surface area contributed by atoms with Crippen molar-refractivity contribution in [1.82, 2.24) is 15.1 Å². The van der Waals surface area contributed by atoms with Crippen LogP contribution in [-0.4, -0.2) is 29.4 Å². The fourth-order valence-corrected chi connectivity index (χ4v) is 1.92. The van der Waals surface area contributed by atoms with E-state index in [0.717, 1.165) is 10.9 Å². The maximum Gasteiger partial charge on any atom is 0.319 e. The Morgan fingerprint density at radius 2 is 2.32 bits per heavy atom. The second-order valence-corrected chi connectivity index (χ2v) is 4.05. The number of rotatable bonds is 4. The molecule has 1 unspecified atom stereocenters. The molecule has 0 aliphatic rings. The molecule has 1 aromatic carbocycles. The molecule has 0 spiro atoms. The van der Waals surface area contributed by atoms with Gasteiger partial charge in [0.2, 0.25) is 0 Å². The summed E-state index contributed by atoms with van der Waals surface area (Å²) in [6, 6.07) is 9.10. The standard InChI is InChI=1S/C13H14N4O2/c1-17-11-6-4-3-5-9(11)13(16-17)10(7-14)15-8-12(18)19-2/h3-6,10,15H,8H2,1-2H3. The zero-order chi connectivity index (χ0) is 13.8. The number of hydrogen-bond donors (Lipinski definition) is 1. The van der Waals surface area contributed by atoms with Gasteiger partial charge in [0.1, 0.15) is 11.7 Å². The third-order valence-corrected chi connectivity index (χ3v) is 2.87. The number of ether oxygens (including phenoxy) is 1. The van der Waals surface area contributed by atoms with E-state index in [9.17, 15) is 10.1 Å². The number of esters is 1. The molecule has 1 atom stereocenters. The number of fused-ring (bicyclic) bond motifs is 1. The highest BCUT2D eigenvalue weighted by atomic mass is 16.5.